The molecule has 1 nitrogen and oxygen atoms in total. The Morgan fingerprint density at radius 3 is 2.45 bits per heavy atom. The van der Waals surface area contributed by atoms with E-state index in [0.717, 1.165) is 5.92 Å². The van der Waals surface area contributed by atoms with Crippen molar-refractivity contribution in [3.05, 3.63) is 0 Å². The molecule has 1 heteroatoms. The summed E-state index contributed by atoms with van der Waals surface area (Å²) in [6, 6.07) is 0. The third kappa shape index (κ3) is 1.58. The molecule has 0 amide bonds. The van der Waals surface area contributed by atoms with E-state index in [9.17, 15) is 0 Å². The van der Waals surface area contributed by atoms with Gasteiger partial charge in [0.2, 0.25) is 0 Å². The summed E-state index contributed by atoms with van der Waals surface area (Å²) in [5, 5.41) is 9.14. The average Bonchev–Trinajstić information content (AvgIpc) is 1.95. The highest BCUT2D eigenvalue weighted by atomic mass is 16.3. The maximum Gasteiger partial charge on any atom is 0.0464 e. The van der Waals surface area contributed by atoms with Gasteiger partial charge in [0.05, 0.1) is 0 Å². The normalized spacial score (nSPS) is 37.1. The molecule has 0 radical (unpaired) electrons. The quantitative estimate of drug-likeness (QED) is 0.618. The summed E-state index contributed by atoms with van der Waals surface area (Å²) in [5.41, 5.74) is 0.354. The third-order valence-corrected chi connectivity index (χ3v) is 3.73. The minimum atomic E-state index is 0.354. The Morgan fingerprint density at radius 2 is 2.00 bits per heavy atom. The van der Waals surface area contributed by atoms with Crippen LogP contribution >= 0.6 is 0 Å². The fourth-order valence-corrected chi connectivity index (χ4v) is 2.14. The molecule has 0 aromatic heterocycles. The molecular formula is C10H20O. The van der Waals surface area contributed by atoms with Crippen LogP contribution < -0.4 is 0 Å². The maximum absolute atomic E-state index is 9.14. The monoisotopic (exact) mass is 156 g/mol. The summed E-state index contributed by atoms with van der Waals surface area (Å²) in [6.45, 7) is 7.26. The lowest BCUT2D eigenvalue weighted by molar-refractivity contribution is 0.0284. The lowest BCUT2D eigenvalue weighted by Crippen LogP contribution is -2.36. The van der Waals surface area contributed by atoms with Gasteiger partial charge in [-0.3, -0.25) is 0 Å². The molecule has 0 spiro atoms. The first-order chi connectivity index (χ1) is 5.09. The van der Waals surface area contributed by atoms with E-state index in [1.54, 1.807) is 0 Å². The van der Waals surface area contributed by atoms with E-state index >= 15 is 0 Å². The highest BCUT2D eigenvalue weighted by molar-refractivity contribution is 4.86. The van der Waals surface area contributed by atoms with Crippen molar-refractivity contribution in [2.75, 3.05) is 6.61 Å². The fraction of sp³-hybridized carbons (Fsp3) is 1.00. The summed E-state index contributed by atoms with van der Waals surface area (Å²) in [5.74, 6) is 1.31. The molecule has 0 heterocycles. The Bertz CT molecular complexity index is 129. The summed E-state index contributed by atoms with van der Waals surface area (Å²) in [6.07, 6.45) is 3.85. The van der Waals surface area contributed by atoms with Crippen molar-refractivity contribution in [3.63, 3.8) is 0 Å². The minimum Gasteiger partial charge on any atom is -0.396 e. The van der Waals surface area contributed by atoms with Gasteiger partial charge < -0.3 is 5.11 Å². The van der Waals surface area contributed by atoms with Crippen molar-refractivity contribution in [3.8, 4) is 0 Å². The lowest BCUT2D eigenvalue weighted by atomic mass is 9.63. The van der Waals surface area contributed by atoms with Crippen LogP contribution in [-0.4, -0.2) is 11.7 Å². The summed E-state index contributed by atoms with van der Waals surface area (Å²) in [4.78, 5) is 0. The van der Waals surface area contributed by atoms with Crippen LogP contribution in [0.5, 0.6) is 0 Å². The van der Waals surface area contributed by atoms with Gasteiger partial charge in [-0.1, -0.05) is 33.6 Å². The molecule has 0 saturated heterocycles. The number of hydrogen-bond acceptors (Lipinski definition) is 1. The molecule has 0 unspecified atom stereocenters. The van der Waals surface area contributed by atoms with Crippen molar-refractivity contribution in [2.24, 2.45) is 17.3 Å². The van der Waals surface area contributed by atoms with E-state index < -0.39 is 0 Å². The first-order valence-electron chi connectivity index (χ1n) is 4.70. The van der Waals surface area contributed by atoms with Crippen LogP contribution in [0.2, 0.25) is 0 Å². The smallest absolute Gasteiger partial charge is 0.0464 e. The molecule has 2 atom stereocenters. The van der Waals surface area contributed by atoms with Gasteiger partial charge in [0.1, 0.15) is 0 Å². The first kappa shape index (κ1) is 9.05. The van der Waals surface area contributed by atoms with Crippen LogP contribution in [0.25, 0.3) is 0 Å². The number of aliphatic hydroxyl groups is 1. The molecule has 1 saturated carbocycles. The molecule has 1 rings (SSSR count). The van der Waals surface area contributed by atoms with Gasteiger partial charge in [-0.15, -0.1) is 0 Å². The van der Waals surface area contributed by atoms with E-state index in [1.165, 1.54) is 19.3 Å². The number of rotatable bonds is 1. The van der Waals surface area contributed by atoms with Gasteiger partial charge >= 0.3 is 0 Å². The van der Waals surface area contributed by atoms with Crippen LogP contribution in [0, 0.1) is 17.3 Å². The Hall–Kier alpha value is -0.0400. The second-order valence-electron chi connectivity index (χ2n) is 4.53. The maximum atomic E-state index is 9.14. The Kier molecular flexibility index (Phi) is 2.58. The Labute approximate surface area is 69.8 Å². The Balaban J connectivity index is 2.64. The van der Waals surface area contributed by atoms with Crippen LogP contribution in [0.1, 0.15) is 40.0 Å². The largest absolute Gasteiger partial charge is 0.396 e. The number of aliphatic hydroxyl groups excluding tert-OH is 1. The average molecular weight is 156 g/mol. The molecule has 1 aliphatic carbocycles. The molecule has 0 aromatic rings. The van der Waals surface area contributed by atoms with Gasteiger partial charge in [0.25, 0.3) is 0 Å². The van der Waals surface area contributed by atoms with Crippen molar-refractivity contribution in [2.45, 2.75) is 40.0 Å². The van der Waals surface area contributed by atoms with E-state index in [4.69, 9.17) is 5.11 Å². The van der Waals surface area contributed by atoms with E-state index in [2.05, 4.69) is 20.8 Å². The SMILES string of the molecule is C[C@@H]1CCC[C@@H](CO)C1(C)C. The molecule has 11 heavy (non-hydrogen) atoms. The molecule has 66 valence electrons. The summed E-state index contributed by atoms with van der Waals surface area (Å²) in [7, 11) is 0. The minimum absolute atomic E-state index is 0.354. The fourth-order valence-electron chi connectivity index (χ4n) is 2.14. The predicted molar refractivity (Wildman–Crippen MR) is 47.4 cm³/mol. The van der Waals surface area contributed by atoms with Gasteiger partial charge in [-0.2, -0.15) is 0 Å². The molecule has 1 N–H and O–H groups in total. The highest BCUT2D eigenvalue weighted by Gasteiger charge is 2.36. The molecule has 0 aliphatic heterocycles. The van der Waals surface area contributed by atoms with Crippen LogP contribution in [0.3, 0.4) is 0 Å². The number of hydrogen-bond donors (Lipinski definition) is 1. The van der Waals surface area contributed by atoms with E-state index in [-0.39, 0.29) is 0 Å². The van der Waals surface area contributed by atoms with Crippen LogP contribution in [0.15, 0.2) is 0 Å². The second kappa shape index (κ2) is 3.14. The van der Waals surface area contributed by atoms with Gasteiger partial charge in [0.15, 0.2) is 0 Å². The molecular weight excluding hydrogens is 136 g/mol. The zero-order valence-electron chi connectivity index (χ0n) is 7.93. The van der Waals surface area contributed by atoms with Crippen molar-refractivity contribution >= 4 is 0 Å². The van der Waals surface area contributed by atoms with Crippen LogP contribution in [0.4, 0.5) is 0 Å². The van der Waals surface area contributed by atoms with Crippen LogP contribution in [-0.2, 0) is 0 Å². The van der Waals surface area contributed by atoms with E-state index in [1.807, 2.05) is 0 Å². The molecule has 0 bridgehead atoms. The molecule has 1 aliphatic rings. The summed E-state index contributed by atoms with van der Waals surface area (Å²) >= 11 is 0. The zero-order valence-corrected chi connectivity index (χ0v) is 7.93. The molecule has 0 aromatic carbocycles. The van der Waals surface area contributed by atoms with Gasteiger partial charge in [-0.25, -0.2) is 0 Å². The van der Waals surface area contributed by atoms with Crippen molar-refractivity contribution in [1.82, 2.24) is 0 Å². The zero-order chi connectivity index (χ0) is 8.48. The first-order valence-corrected chi connectivity index (χ1v) is 4.70. The third-order valence-electron chi connectivity index (χ3n) is 3.73. The van der Waals surface area contributed by atoms with Crippen molar-refractivity contribution in [1.29, 1.82) is 0 Å². The lowest BCUT2D eigenvalue weighted by Gasteiger charge is -2.43. The molecule has 1 fully saturated rings. The van der Waals surface area contributed by atoms with Gasteiger partial charge in [0, 0.05) is 6.61 Å². The topological polar surface area (TPSA) is 20.2 Å². The summed E-state index contributed by atoms with van der Waals surface area (Å²) < 4.78 is 0. The van der Waals surface area contributed by atoms with E-state index in [0.29, 0.717) is 17.9 Å². The highest BCUT2D eigenvalue weighted by Crippen LogP contribution is 2.44. The predicted octanol–water partition coefficient (Wildman–Crippen LogP) is 2.44. The van der Waals surface area contributed by atoms with Gasteiger partial charge in [-0.05, 0) is 23.7 Å². The Morgan fingerprint density at radius 1 is 1.36 bits per heavy atom. The standard InChI is InChI=1S/C10H20O/c1-8-5-4-6-9(7-11)10(8,2)3/h8-9,11H,4-7H2,1-3H3/t8-,9+/m1/s1. The van der Waals surface area contributed by atoms with Crippen molar-refractivity contribution < 1.29 is 5.11 Å². The second-order valence-corrected chi connectivity index (χ2v) is 4.53.